The van der Waals surface area contributed by atoms with Crippen LogP contribution in [0, 0.1) is 15.9 Å². The Labute approximate surface area is 250 Å². The van der Waals surface area contributed by atoms with E-state index in [0.717, 1.165) is 44.0 Å². The molecular weight excluding hydrogens is 582 g/mol. The molecule has 1 saturated heterocycles. The van der Waals surface area contributed by atoms with Gasteiger partial charge in [0.15, 0.2) is 0 Å². The highest BCUT2D eigenvalue weighted by molar-refractivity contribution is 5.64. The Kier molecular flexibility index (Phi) is 8.13. The molecule has 0 spiro atoms. The molecule has 44 heavy (non-hydrogen) atoms. The van der Waals surface area contributed by atoms with Crippen molar-refractivity contribution in [3.05, 3.63) is 100.0 Å². The molecule has 6 rings (SSSR count). The monoisotopic (exact) mass is 611 g/mol. The molecule has 13 heteroatoms. The third kappa shape index (κ3) is 6.62. The van der Waals surface area contributed by atoms with Crippen LogP contribution >= 0.6 is 0 Å². The largest absolute Gasteiger partial charge is 0.490 e. The average molecular weight is 612 g/mol. The molecular formula is C31H29F4N5O4. The summed E-state index contributed by atoms with van der Waals surface area (Å²) in [4.78, 5) is 18.7. The number of hydrogen-bond acceptors (Lipinski definition) is 7. The first kappa shape index (κ1) is 29.4. The summed E-state index contributed by atoms with van der Waals surface area (Å²) in [5.74, 6) is 0.0651. The lowest BCUT2D eigenvalue weighted by molar-refractivity contribution is -0.389. The fourth-order valence-electron chi connectivity index (χ4n) is 5.39. The molecule has 230 valence electrons. The normalized spacial score (nSPS) is 17.2. The second-order valence-electron chi connectivity index (χ2n) is 10.8. The number of aryl methyl sites for hydroxylation is 1. The van der Waals surface area contributed by atoms with Crippen LogP contribution in [-0.4, -0.2) is 58.3 Å². The van der Waals surface area contributed by atoms with E-state index in [1.165, 1.54) is 24.4 Å². The number of piperazine rings is 1. The summed E-state index contributed by atoms with van der Waals surface area (Å²) >= 11 is 0. The molecule has 3 aromatic carbocycles. The van der Waals surface area contributed by atoms with Crippen molar-refractivity contribution >= 4 is 11.5 Å². The van der Waals surface area contributed by atoms with E-state index in [1.807, 2.05) is 24.3 Å². The number of nitro groups is 1. The van der Waals surface area contributed by atoms with Crippen LogP contribution in [0.3, 0.4) is 0 Å². The SMILES string of the molecule is O=[N+]([O-])c1cn2c(n1)OC(COc1ccc(N3CCN(Cc4ccc(-c5ccc(C(F)(F)F)cc5)cc4F)CC3)cc1)CC2. The van der Waals surface area contributed by atoms with Gasteiger partial charge in [0.05, 0.1) is 5.56 Å². The molecule has 1 aromatic heterocycles. The maximum absolute atomic E-state index is 15.0. The molecule has 9 nitrogen and oxygen atoms in total. The molecule has 0 aliphatic carbocycles. The van der Waals surface area contributed by atoms with Gasteiger partial charge in [-0.05, 0) is 58.5 Å². The minimum atomic E-state index is -4.41. The molecule has 1 fully saturated rings. The second kappa shape index (κ2) is 12.2. The van der Waals surface area contributed by atoms with Gasteiger partial charge in [-0.1, -0.05) is 24.3 Å². The number of hydrogen-bond donors (Lipinski definition) is 0. The molecule has 0 saturated carbocycles. The quantitative estimate of drug-likeness (QED) is 0.134. The summed E-state index contributed by atoms with van der Waals surface area (Å²) in [5, 5.41) is 10.9. The molecule has 3 heterocycles. The molecule has 2 aliphatic heterocycles. The van der Waals surface area contributed by atoms with Crippen molar-refractivity contribution in [3.63, 3.8) is 0 Å². The Bertz CT molecular complexity index is 1620. The zero-order valence-electron chi connectivity index (χ0n) is 23.5. The summed E-state index contributed by atoms with van der Waals surface area (Å²) < 4.78 is 66.8. The van der Waals surface area contributed by atoms with E-state index in [-0.39, 0.29) is 23.7 Å². The van der Waals surface area contributed by atoms with E-state index < -0.39 is 16.7 Å². The molecule has 1 unspecified atom stereocenters. The van der Waals surface area contributed by atoms with E-state index >= 15 is 0 Å². The molecule has 0 bridgehead atoms. The number of alkyl halides is 3. The van der Waals surface area contributed by atoms with Crippen LogP contribution in [-0.2, 0) is 19.3 Å². The molecule has 1 atom stereocenters. The van der Waals surface area contributed by atoms with Gasteiger partial charge in [-0.25, -0.2) is 4.39 Å². The highest BCUT2D eigenvalue weighted by Crippen LogP contribution is 2.32. The molecule has 4 aromatic rings. The Morgan fingerprint density at radius 3 is 2.32 bits per heavy atom. The number of anilines is 1. The van der Waals surface area contributed by atoms with Crippen molar-refractivity contribution in [2.75, 3.05) is 37.7 Å². The number of ether oxygens (including phenoxy) is 2. The Morgan fingerprint density at radius 2 is 1.66 bits per heavy atom. The second-order valence-corrected chi connectivity index (χ2v) is 10.8. The van der Waals surface area contributed by atoms with Crippen LogP contribution in [0.5, 0.6) is 11.8 Å². The van der Waals surface area contributed by atoms with E-state index in [0.29, 0.717) is 48.6 Å². The summed E-state index contributed by atoms with van der Waals surface area (Å²) in [7, 11) is 0. The summed E-state index contributed by atoms with van der Waals surface area (Å²) in [6.45, 7) is 4.31. The van der Waals surface area contributed by atoms with E-state index in [4.69, 9.17) is 9.47 Å². The van der Waals surface area contributed by atoms with Gasteiger partial charge in [0.25, 0.3) is 0 Å². The smallest absolute Gasteiger partial charge is 0.416 e. The van der Waals surface area contributed by atoms with Crippen molar-refractivity contribution < 1.29 is 32.0 Å². The standard InChI is InChI=1S/C31H29F4N5O4/c32-28-17-22(21-3-5-24(6-4-21)31(33,34)35)1-2-23(28)18-37-13-15-38(16-14-37)25-7-9-26(10-8-25)43-20-27-11-12-39-19-29(40(41)42)36-30(39)44-27/h1-10,17,19,27H,11-16,18,20H2. The van der Waals surface area contributed by atoms with Crippen molar-refractivity contribution in [2.45, 2.75) is 31.8 Å². The minimum Gasteiger partial charge on any atom is -0.490 e. The van der Waals surface area contributed by atoms with Crippen LogP contribution in [0.4, 0.5) is 29.1 Å². The predicted molar refractivity (Wildman–Crippen MR) is 154 cm³/mol. The zero-order valence-corrected chi connectivity index (χ0v) is 23.5. The summed E-state index contributed by atoms with van der Waals surface area (Å²) in [6.07, 6.45) is -2.65. The van der Waals surface area contributed by atoms with Gasteiger partial charge in [0.1, 0.15) is 30.5 Å². The topological polar surface area (TPSA) is 85.9 Å². The zero-order chi connectivity index (χ0) is 30.8. The fourth-order valence-corrected chi connectivity index (χ4v) is 5.39. The van der Waals surface area contributed by atoms with Gasteiger partial charge in [-0.3, -0.25) is 9.47 Å². The molecule has 2 aliphatic rings. The Hall–Kier alpha value is -4.65. The summed E-state index contributed by atoms with van der Waals surface area (Å²) in [5.41, 5.74) is 1.91. The number of imidazole rings is 1. The lowest BCUT2D eigenvalue weighted by atomic mass is 10.0. The number of rotatable bonds is 8. The third-order valence-corrected chi connectivity index (χ3v) is 7.88. The number of aromatic nitrogens is 2. The number of nitrogens with zero attached hydrogens (tertiary/aromatic N) is 5. The highest BCUT2D eigenvalue weighted by Gasteiger charge is 2.30. The van der Waals surface area contributed by atoms with Gasteiger partial charge in [-0.15, -0.1) is 0 Å². The predicted octanol–water partition coefficient (Wildman–Crippen LogP) is 6.17. The minimum absolute atomic E-state index is 0.226. The average Bonchev–Trinajstić information content (AvgIpc) is 3.46. The first-order chi connectivity index (χ1) is 21.1. The number of fused-ring (bicyclic) bond motifs is 1. The lowest BCUT2D eigenvalue weighted by Crippen LogP contribution is -2.46. The van der Waals surface area contributed by atoms with Gasteiger partial charge >= 0.3 is 18.0 Å². The number of halogens is 4. The first-order valence-electron chi connectivity index (χ1n) is 14.2. The van der Waals surface area contributed by atoms with Crippen molar-refractivity contribution in [3.8, 4) is 22.9 Å². The molecule has 0 amide bonds. The Balaban J connectivity index is 0.972. The maximum atomic E-state index is 15.0. The van der Waals surface area contributed by atoms with Gasteiger partial charge in [0, 0.05) is 61.9 Å². The van der Waals surface area contributed by atoms with Crippen LogP contribution in [0.25, 0.3) is 11.1 Å². The Morgan fingerprint density at radius 1 is 0.955 bits per heavy atom. The maximum Gasteiger partial charge on any atom is 0.416 e. The number of benzene rings is 3. The van der Waals surface area contributed by atoms with Gasteiger partial charge in [-0.2, -0.15) is 13.2 Å². The van der Waals surface area contributed by atoms with Crippen molar-refractivity contribution in [1.29, 1.82) is 0 Å². The fraction of sp³-hybridized carbons (Fsp3) is 0.323. The van der Waals surface area contributed by atoms with Gasteiger partial charge in [0.2, 0.25) is 0 Å². The van der Waals surface area contributed by atoms with E-state index in [9.17, 15) is 27.7 Å². The van der Waals surface area contributed by atoms with Crippen LogP contribution in [0.15, 0.2) is 72.9 Å². The highest BCUT2D eigenvalue weighted by atomic mass is 19.4. The lowest BCUT2D eigenvalue weighted by Gasteiger charge is -2.36. The van der Waals surface area contributed by atoms with Crippen molar-refractivity contribution in [1.82, 2.24) is 14.5 Å². The third-order valence-electron chi connectivity index (χ3n) is 7.88. The van der Waals surface area contributed by atoms with Crippen molar-refractivity contribution in [2.24, 2.45) is 0 Å². The van der Waals surface area contributed by atoms with Crippen LogP contribution < -0.4 is 14.4 Å². The van der Waals surface area contributed by atoms with Gasteiger partial charge < -0.3 is 24.5 Å². The van der Waals surface area contributed by atoms with Crippen LogP contribution in [0.2, 0.25) is 0 Å². The molecule has 0 N–H and O–H groups in total. The van der Waals surface area contributed by atoms with E-state index in [1.54, 1.807) is 16.7 Å². The first-order valence-corrected chi connectivity index (χ1v) is 14.2. The van der Waals surface area contributed by atoms with Crippen LogP contribution in [0.1, 0.15) is 17.5 Å². The molecule has 0 radical (unpaired) electrons. The summed E-state index contributed by atoms with van der Waals surface area (Å²) in [6, 6.07) is 17.5. The van der Waals surface area contributed by atoms with E-state index in [2.05, 4.69) is 14.8 Å².